The number of carbonyl (C=O) groups excluding carboxylic acids is 4. The van der Waals surface area contributed by atoms with Gasteiger partial charge in [0.15, 0.2) is 0 Å². The largest absolute Gasteiger partial charge is 0.508 e. The SMILES string of the molecule is CCC1/C=C(\C)C(F)C(C)CC(OC)C2OC(O)(C(=O)C(=O)N3CCCCC3C(=O)OC(C(C)=CC3CCC(Oc4ccc(O)cc4)C(O)C3)C(C)C(O)CC1=O)C(C)CC2OC. The number of phenols is 1. The van der Waals surface area contributed by atoms with E-state index in [-0.39, 0.29) is 49.7 Å². The summed E-state index contributed by atoms with van der Waals surface area (Å²) in [5.74, 6) is -8.86. The predicted molar refractivity (Wildman–Crippen MR) is 230 cm³/mol. The van der Waals surface area contributed by atoms with Crippen molar-refractivity contribution in [2.75, 3.05) is 20.8 Å². The highest BCUT2D eigenvalue weighted by atomic mass is 19.1. The Morgan fingerprint density at radius 1 is 0.937 bits per heavy atom. The number of hydrogen-bond donors (Lipinski definition) is 4. The summed E-state index contributed by atoms with van der Waals surface area (Å²) in [4.78, 5) is 57.9. The van der Waals surface area contributed by atoms with Crippen LogP contribution in [0.5, 0.6) is 11.5 Å². The van der Waals surface area contributed by atoms with E-state index >= 15 is 4.39 Å². The van der Waals surface area contributed by atoms with E-state index in [2.05, 4.69) is 0 Å². The van der Waals surface area contributed by atoms with Gasteiger partial charge in [-0.15, -0.1) is 0 Å². The van der Waals surface area contributed by atoms with E-state index in [1.54, 1.807) is 52.8 Å². The summed E-state index contributed by atoms with van der Waals surface area (Å²) in [6.45, 7) is 10.1. The lowest BCUT2D eigenvalue weighted by atomic mass is 9.81. The molecule has 1 aromatic carbocycles. The number of amides is 1. The number of aliphatic hydroxyl groups excluding tert-OH is 2. The van der Waals surface area contributed by atoms with Gasteiger partial charge in [-0.1, -0.05) is 39.8 Å². The Labute approximate surface area is 371 Å². The quantitative estimate of drug-likeness (QED) is 0.151. The first-order valence-electron chi connectivity index (χ1n) is 22.7. The van der Waals surface area contributed by atoms with Gasteiger partial charge in [0.05, 0.1) is 24.4 Å². The summed E-state index contributed by atoms with van der Waals surface area (Å²) >= 11 is 0. The lowest BCUT2D eigenvalue weighted by Crippen LogP contribution is -2.64. The second kappa shape index (κ2) is 22.0. The number of allylic oxidation sites excluding steroid dienone is 3. The zero-order valence-electron chi connectivity index (χ0n) is 38.1. The van der Waals surface area contributed by atoms with Gasteiger partial charge in [-0.25, -0.2) is 9.18 Å². The Bertz CT molecular complexity index is 1800. The maximum absolute atomic E-state index is 16.3. The lowest BCUT2D eigenvalue weighted by Gasteiger charge is -2.47. The van der Waals surface area contributed by atoms with Crippen LogP contribution in [-0.4, -0.2) is 130 Å². The molecule has 15 heteroatoms. The van der Waals surface area contributed by atoms with Gasteiger partial charge >= 0.3 is 5.97 Å². The number of nitrogens with zero attached hydrogens (tertiary/aromatic N) is 1. The minimum Gasteiger partial charge on any atom is -0.508 e. The van der Waals surface area contributed by atoms with E-state index in [0.29, 0.717) is 55.4 Å². The molecular weight excluding hydrogens is 818 g/mol. The number of ketones is 2. The van der Waals surface area contributed by atoms with Gasteiger partial charge in [-0.05, 0) is 119 Å². The van der Waals surface area contributed by atoms with Crippen molar-refractivity contribution in [3.05, 3.63) is 47.6 Å². The first kappa shape index (κ1) is 50.3. The maximum atomic E-state index is 16.3. The highest BCUT2D eigenvalue weighted by Gasteiger charge is 2.57. The summed E-state index contributed by atoms with van der Waals surface area (Å²) < 4.78 is 46.3. The van der Waals surface area contributed by atoms with E-state index in [1.807, 2.05) is 13.0 Å². The van der Waals surface area contributed by atoms with E-state index in [4.69, 9.17) is 23.7 Å². The minimum atomic E-state index is -2.62. The number of ether oxygens (including phenoxy) is 5. The first-order valence-corrected chi connectivity index (χ1v) is 22.7. The fourth-order valence-corrected chi connectivity index (χ4v) is 9.88. The Morgan fingerprint density at radius 2 is 1.60 bits per heavy atom. The molecule has 5 rings (SSSR count). The van der Waals surface area contributed by atoms with Crippen LogP contribution in [0.2, 0.25) is 0 Å². The van der Waals surface area contributed by atoms with Gasteiger partial charge in [0, 0.05) is 44.9 Å². The Kier molecular flexibility index (Phi) is 17.5. The molecule has 63 heavy (non-hydrogen) atoms. The molecule has 1 saturated carbocycles. The molecule has 4 aliphatic rings. The molecule has 3 aliphatic heterocycles. The van der Waals surface area contributed by atoms with Crippen molar-refractivity contribution in [2.45, 2.75) is 166 Å². The number of aliphatic hydroxyl groups is 3. The highest BCUT2D eigenvalue weighted by Crippen LogP contribution is 2.40. The fraction of sp³-hybridized carbons (Fsp3) is 0.708. The maximum Gasteiger partial charge on any atom is 0.329 e. The fourth-order valence-electron chi connectivity index (χ4n) is 9.88. The number of piperidine rings is 1. The van der Waals surface area contributed by atoms with Crippen molar-refractivity contribution in [3.63, 3.8) is 0 Å². The number of hydrogen-bond acceptors (Lipinski definition) is 13. The van der Waals surface area contributed by atoms with Gasteiger partial charge in [-0.2, -0.15) is 0 Å². The highest BCUT2D eigenvalue weighted by molar-refractivity contribution is 6.39. The van der Waals surface area contributed by atoms with Crippen LogP contribution in [-0.2, 0) is 38.1 Å². The molecule has 15 unspecified atom stereocenters. The van der Waals surface area contributed by atoms with Gasteiger partial charge in [0.1, 0.15) is 47.8 Å². The Hall–Kier alpha value is -3.73. The van der Waals surface area contributed by atoms with Crippen molar-refractivity contribution in [1.29, 1.82) is 0 Å². The number of aromatic hydroxyl groups is 1. The zero-order valence-corrected chi connectivity index (χ0v) is 38.1. The molecule has 352 valence electrons. The van der Waals surface area contributed by atoms with E-state index < -0.39 is 102 Å². The number of carbonyl (C=O) groups is 4. The molecule has 2 saturated heterocycles. The molecule has 0 radical (unpaired) electrons. The summed E-state index contributed by atoms with van der Waals surface area (Å²) in [7, 11) is 2.86. The average Bonchev–Trinajstić information content (AvgIpc) is 3.27. The van der Waals surface area contributed by atoms with Gasteiger partial charge in [0.2, 0.25) is 5.79 Å². The molecule has 0 aromatic heterocycles. The minimum absolute atomic E-state index is 0.0271. The van der Waals surface area contributed by atoms with Crippen LogP contribution in [0.3, 0.4) is 0 Å². The molecule has 15 atom stereocenters. The second-order valence-electron chi connectivity index (χ2n) is 18.5. The molecule has 1 aromatic rings. The lowest BCUT2D eigenvalue weighted by molar-refractivity contribution is -0.302. The number of cyclic esters (lactones) is 1. The van der Waals surface area contributed by atoms with Crippen LogP contribution in [0.25, 0.3) is 0 Å². The molecule has 1 aliphatic carbocycles. The van der Waals surface area contributed by atoms with Crippen molar-refractivity contribution in [2.24, 2.45) is 29.6 Å². The molecule has 2 bridgehead atoms. The number of alkyl halides is 1. The summed E-state index contributed by atoms with van der Waals surface area (Å²) in [6.07, 6.45) is -1.57. The van der Waals surface area contributed by atoms with E-state index in [1.165, 1.54) is 26.4 Å². The normalized spacial score (nSPS) is 39.3. The van der Waals surface area contributed by atoms with Crippen molar-refractivity contribution < 1.29 is 67.7 Å². The van der Waals surface area contributed by atoms with Gasteiger partial charge in [0.25, 0.3) is 11.7 Å². The standard InChI is InChI=1S/C48H70FNO13/c1-9-32-21-26(2)42(49)27(3)22-40(59-7)44-41(60-8)23-29(5)48(58,63-44)45(55)46(56)50-19-11-10-12-35(50)47(57)62-43(30(6)36(52)25-37(32)53)28(4)20-31-13-18-39(38(54)24-31)61-34-16-14-33(51)15-17-34/h14-17,20-21,27,29-32,35-36,38-44,51-52,54,58H,9-13,18-19,22-25H2,1-8H3/b26-21+,28-20?. The third kappa shape index (κ3) is 11.8. The molecule has 3 heterocycles. The van der Waals surface area contributed by atoms with Crippen molar-refractivity contribution in [3.8, 4) is 11.5 Å². The number of rotatable bonds is 7. The summed E-state index contributed by atoms with van der Waals surface area (Å²) in [5.41, 5.74) is 0.875. The average molecular weight is 888 g/mol. The zero-order chi connectivity index (χ0) is 46.3. The van der Waals surface area contributed by atoms with Gasteiger partial charge in [-0.3, -0.25) is 14.4 Å². The third-order valence-electron chi connectivity index (χ3n) is 13.9. The smallest absolute Gasteiger partial charge is 0.329 e. The summed E-state index contributed by atoms with van der Waals surface area (Å²) in [6, 6.07) is 5.04. The van der Waals surface area contributed by atoms with E-state index in [0.717, 1.165) is 4.90 Å². The second-order valence-corrected chi connectivity index (χ2v) is 18.5. The topological polar surface area (TPSA) is 199 Å². The van der Waals surface area contributed by atoms with Crippen LogP contribution < -0.4 is 4.74 Å². The number of methoxy groups -OCH3 is 2. The summed E-state index contributed by atoms with van der Waals surface area (Å²) in [5, 5.41) is 44.6. The van der Waals surface area contributed by atoms with Crippen molar-refractivity contribution >= 4 is 23.4 Å². The van der Waals surface area contributed by atoms with E-state index in [9.17, 15) is 39.6 Å². The number of benzene rings is 1. The van der Waals surface area contributed by atoms with Crippen LogP contribution in [0.4, 0.5) is 4.39 Å². The van der Waals surface area contributed by atoms with Crippen LogP contribution >= 0.6 is 0 Å². The molecule has 0 spiro atoms. The monoisotopic (exact) mass is 887 g/mol. The Balaban J connectivity index is 1.49. The van der Waals surface area contributed by atoms with Gasteiger partial charge < -0.3 is 49.0 Å². The number of esters is 1. The first-order chi connectivity index (χ1) is 29.8. The molecule has 4 N–H and O–H groups in total. The number of phenolic OH excluding ortho intramolecular Hbond substituents is 1. The van der Waals surface area contributed by atoms with Crippen LogP contribution in [0.15, 0.2) is 47.6 Å². The molecule has 3 fully saturated rings. The Morgan fingerprint density at radius 3 is 2.24 bits per heavy atom. The van der Waals surface area contributed by atoms with Crippen LogP contribution in [0, 0.1) is 29.6 Å². The van der Waals surface area contributed by atoms with Crippen LogP contribution in [0.1, 0.15) is 106 Å². The number of Topliss-reactive ketones (excluding diaryl/α,β-unsaturated/α-hetero) is 2. The number of fused-ring (bicyclic) bond motifs is 3. The third-order valence-corrected chi connectivity index (χ3v) is 13.9. The molecule has 14 nitrogen and oxygen atoms in total. The molecular formula is C48H70FNO13. The number of halogens is 1. The molecule has 1 amide bonds. The van der Waals surface area contributed by atoms with Crippen molar-refractivity contribution in [1.82, 2.24) is 4.90 Å². The predicted octanol–water partition coefficient (Wildman–Crippen LogP) is 5.56.